The van der Waals surface area contributed by atoms with Crippen LogP contribution < -0.4 is 0 Å². The Morgan fingerprint density at radius 1 is 1.15 bits per heavy atom. The molecule has 2 aliphatic rings. The first kappa shape index (κ1) is 26.9. The molecular formula is C26H24N4O9S. The van der Waals surface area contributed by atoms with E-state index in [0.717, 1.165) is 29.0 Å². The molecule has 1 aromatic carbocycles. The van der Waals surface area contributed by atoms with Gasteiger partial charge in [-0.15, -0.1) is 0 Å². The summed E-state index contributed by atoms with van der Waals surface area (Å²) in [6.45, 7) is 0.308. The number of benzene rings is 1. The van der Waals surface area contributed by atoms with Crippen molar-refractivity contribution < 1.29 is 42.9 Å². The van der Waals surface area contributed by atoms with Gasteiger partial charge in [-0.05, 0) is 48.4 Å². The molecular weight excluding hydrogens is 544 g/mol. The quantitative estimate of drug-likeness (QED) is 0.159. The maximum Gasteiger partial charge on any atom is 0.328 e. The van der Waals surface area contributed by atoms with E-state index in [0.29, 0.717) is 5.69 Å². The lowest BCUT2D eigenvalue weighted by atomic mass is 9.94. The lowest BCUT2D eigenvalue weighted by molar-refractivity contribution is -0.155. The van der Waals surface area contributed by atoms with Crippen molar-refractivity contribution in [3.05, 3.63) is 65.8 Å². The number of carboxylic acids is 1. The number of fused-ring (bicyclic) bond motifs is 1. The number of pyridine rings is 1. The summed E-state index contributed by atoms with van der Waals surface area (Å²) in [6, 6.07) is 5.26. The summed E-state index contributed by atoms with van der Waals surface area (Å²) in [5.74, 6) is -4.06. The third kappa shape index (κ3) is 4.25. The lowest BCUT2D eigenvalue weighted by Crippen LogP contribution is -2.59. The SMILES string of the molecule is Cn1cc(-c2ccnc(/C=C3/C(=O)N4[C@@H](C(=O)O)[C@](C)(COC(=O)Cc5ccc(O)c(O)c5)S(=O)(=O)[C@H]34)c2)cn1. The lowest BCUT2D eigenvalue weighted by Gasteiger charge is -2.37. The van der Waals surface area contributed by atoms with Crippen LogP contribution in [0.1, 0.15) is 18.2 Å². The smallest absolute Gasteiger partial charge is 0.328 e. The van der Waals surface area contributed by atoms with Crippen LogP contribution in [0.15, 0.2) is 54.5 Å². The number of esters is 1. The molecule has 14 heteroatoms. The first-order valence-electron chi connectivity index (χ1n) is 12.0. The number of hydrogen-bond donors (Lipinski definition) is 3. The molecule has 2 saturated heterocycles. The molecule has 1 amide bonds. The van der Waals surface area contributed by atoms with Gasteiger partial charge in [-0.25, -0.2) is 13.2 Å². The second kappa shape index (κ2) is 9.48. The normalized spacial score (nSPS) is 24.0. The number of phenolic OH excluding ortho intramolecular Hbond substituents is 2. The van der Waals surface area contributed by atoms with Crippen molar-refractivity contribution in [2.45, 2.75) is 29.5 Å². The van der Waals surface area contributed by atoms with Crippen LogP contribution in [0.25, 0.3) is 17.2 Å². The van der Waals surface area contributed by atoms with Crippen LogP contribution >= 0.6 is 0 Å². The van der Waals surface area contributed by atoms with Gasteiger partial charge in [0.1, 0.15) is 11.4 Å². The van der Waals surface area contributed by atoms with E-state index in [1.54, 1.807) is 36.3 Å². The molecule has 0 bridgehead atoms. The number of carbonyl (C=O) groups is 3. The third-order valence-electron chi connectivity index (χ3n) is 7.07. The fraction of sp³-hybridized carbons (Fsp3) is 0.269. The molecule has 0 spiro atoms. The number of β-lactam (4-membered cyclic amide) rings is 1. The zero-order valence-electron chi connectivity index (χ0n) is 21.3. The Morgan fingerprint density at radius 2 is 1.90 bits per heavy atom. The van der Waals surface area contributed by atoms with Crippen LogP contribution in [0.5, 0.6) is 11.5 Å². The molecule has 4 heterocycles. The molecule has 2 aliphatic heterocycles. The number of rotatable bonds is 7. The molecule has 3 aromatic rings. The van der Waals surface area contributed by atoms with Crippen LogP contribution in [-0.4, -0.2) is 84.0 Å². The molecule has 2 fully saturated rings. The third-order valence-corrected chi connectivity index (χ3v) is 9.78. The Kier molecular flexibility index (Phi) is 6.37. The summed E-state index contributed by atoms with van der Waals surface area (Å²) >= 11 is 0. The van der Waals surface area contributed by atoms with Gasteiger partial charge in [0.2, 0.25) is 0 Å². The Bertz CT molecular complexity index is 1700. The summed E-state index contributed by atoms with van der Waals surface area (Å²) in [5.41, 5.74) is 1.94. The Balaban J connectivity index is 1.41. The Labute approximate surface area is 227 Å². The molecule has 40 heavy (non-hydrogen) atoms. The van der Waals surface area contributed by atoms with Gasteiger partial charge in [-0.3, -0.25) is 19.3 Å². The van der Waals surface area contributed by atoms with Crippen molar-refractivity contribution in [3.63, 3.8) is 0 Å². The largest absolute Gasteiger partial charge is 0.504 e. The first-order valence-corrected chi connectivity index (χ1v) is 13.5. The highest BCUT2D eigenvalue weighted by atomic mass is 32.2. The highest BCUT2D eigenvalue weighted by Gasteiger charge is 2.72. The van der Waals surface area contributed by atoms with Gasteiger partial charge in [0.05, 0.1) is 23.9 Å². The summed E-state index contributed by atoms with van der Waals surface area (Å²) < 4.78 is 32.1. The Morgan fingerprint density at radius 3 is 2.55 bits per heavy atom. The monoisotopic (exact) mass is 568 g/mol. The summed E-state index contributed by atoms with van der Waals surface area (Å²) in [7, 11) is -2.64. The zero-order valence-corrected chi connectivity index (χ0v) is 22.1. The van der Waals surface area contributed by atoms with Gasteiger partial charge < -0.3 is 25.0 Å². The fourth-order valence-corrected chi connectivity index (χ4v) is 7.23. The number of aliphatic carboxylic acids is 1. The number of carboxylic acid groups (broad SMARTS) is 1. The van der Waals surface area contributed by atoms with E-state index in [1.165, 1.54) is 24.4 Å². The summed E-state index contributed by atoms with van der Waals surface area (Å²) in [5, 5.41) is 31.5. The number of nitrogens with zero attached hydrogens (tertiary/aromatic N) is 4. The standard InChI is InChI=1S/C26H24N4O9S/c1-26(13-39-21(33)8-14-3-4-19(31)20(32)7-14)22(25(35)36)30-23(34)18(24(30)40(26,37)38)10-17-9-15(5-6-27-17)16-11-28-29(2)12-16/h3-7,9-12,22,24,31-32H,8,13H2,1-2H3,(H,35,36)/b18-10-/t22-,24+,26-/m0/s1. The molecule has 3 N–H and O–H groups in total. The highest BCUT2D eigenvalue weighted by molar-refractivity contribution is 7.94. The van der Waals surface area contributed by atoms with Crippen molar-refractivity contribution in [2.24, 2.45) is 7.05 Å². The molecule has 13 nitrogen and oxygen atoms in total. The molecule has 0 unspecified atom stereocenters. The van der Waals surface area contributed by atoms with Crippen LogP contribution in [0.3, 0.4) is 0 Å². The van der Waals surface area contributed by atoms with Gasteiger partial charge in [0, 0.05) is 25.0 Å². The van der Waals surface area contributed by atoms with E-state index in [2.05, 4.69) is 10.1 Å². The number of ether oxygens (including phenoxy) is 1. The zero-order chi connectivity index (χ0) is 29.0. The van der Waals surface area contributed by atoms with Crippen LogP contribution in [0.2, 0.25) is 0 Å². The van der Waals surface area contributed by atoms with E-state index in [9.17, 15) is 38.1 Å². The molecule has 0 aliphatic carbocycles. The van der Waals surface area contributed by atoms with Crippen molar-refractivity contribution in [2.75, 3.05) is 6.61 Å². The molecule has 0 radical (unpaired) electrons. The molecule has 208 valence electrons. The topological polar surface area (TPSA) is 189 Å². The van der Waals surface area contributed by atoms with Crippen LogP contribution in [0, 0.1) is 0 Å². The van der Waals surface area contributed by atoms with E-state index < -0.39 is 56.2 Å². The minimum Gasteiger partial charge on any atom is -0.504 e. The number of aromatic hydroxyl groups is 2. The number of amides is 1. The maximum atomic E-state index is 13.7. The number of carbonyl (C=O) groups excluding carboxylic acids is 2. The number of phenols is 2. The number of aromatic nitrogens is 3. The minimum atomic E-state index is -4.40. The molecule has 5 rings (SSSR count). The van der Waals surface area contributed by atoms with Crippen molar-refractivity contribution in [1.29, 1.82) is 0 Å². The molecule has 2 aromatic heterocycles. The van der Waals surface area contributed by atoms with E-state index >= 15 is 0 Å². The second-order valence-corrected chi connectivity index (χ2v) is 12.3. The molecule has 3 atom stereocenters. The summed E-state index contributed by atoms with van der Waals surface area (Å²) in [4.78, 5) is 42.8. The van der Waals surface area contributed by atoms with Gasteiger partial charge in [0.25, 0.3) is 5.91 Å². The fourth-order valence-electron chi connectivity index (χ4n) is 4.95. The number of aryl methyl sites for hydroxylation is 1. The number of sulfone groups is 1. The van der Waals surface area contributed by atoms with E-state index in [-0.39, 0.29) is 23.3 Å². The predicted molar refractivity (Wildman–Crippen MR) is 138 cm³/mol. The van der Waals surface area contributed by atoms with E-state index in [1.807, 2.05) is 0 Å². The van der Waals surface area contributed by atoms with Crippen molar-refractivity contribution >= 4 is 33.8 Å². The van der Waals surface area contributed by atoms with E-state index in [4.69, 9.17) is 4.74 Å². The van der Waals surface area contributed by atoms with Gasteiger partial charge in [0.15, 0.2) is 32.8 Å². The van der Waals surface area contributed by atoms with Crippen molar-refractivity contribution in [3.8, 4) is 22.6 Å². The van der Waals surface area contributed by atoms with Gasteiger partial charge >= 0.3 is 11.9 Å². The second-order valence-electron chi connectivity index (χ2n) is 9.80. The minimum absolute atomic E-state index is 0.142. The van der Waals surface area contributed by atoms with Gasteiger partial charge in [-0.1, -0.05) is 6.07 Å². The van der Waals surface area contributed by atoms with Crippen LogP contribution in [0.4, 0.5) is 0 Å². The summed E-state index contributed by atoms with van der Waals surface area (Å²) in [6.07, 6.45) is 5.85. The first-order chi connectivity index (χ1) is 18.8. The highest BCUT2D eigenvalue weighted by Crippen LogP contribution is 2.49. The predicted octanol–water partition coefficient (Wildman–Crippen LogP) is 0.871. The van der Waals surface area contributed by atoms with Crippen molar-refractivity contribution in [1.82, 2.24) is 19.7 Å². The maximum absolute atomic E-state index is 13.7. The molecule has 0 saturated carbocycles. The average Bonchev–Trinajstić information content (AvgIpc) is 3.40. The average molecular weight is 569 g/mol. The Hall–Kier alpha value is -4.72. The van der Waals surface area contributed by atoms with Crippen LogP contribution in [-0.2, 0) is 42.4 Å². The number of hydrogen-bond acceptors (Lipinski definition) is 10. The van der Waals surface area contributed by atoms with Gasteiger partial charge in [-0.2, -0.15) is 5.10 Å².